The van der Waals surface area contributed by atoms with Crippen LogP contribution in [0.3, 0.4) is 0 Å². The highest BCUT2D eigenvalue weighted by Gasteiger charge is 2.31. The Labute approximate surface area is 121 Å². The van der Waals surface area contributed by atoms with Crippen LogP contribution in [-0.4, -0.2) is 52.1 Å². The van der Waals surface area contributed by atoms with E-state index in [-0.39, 0.29) is 29.3 Å². The van der Waals surface area contributed by atoms with Crippen LogP contribution >= 0.6 is 11.6 Å². The van der Waals surface area contributed by atoms with Gasteiger partial charge in [-0.2, -0.15) is 0 Å². The number of piperidine rings is 1. The molecule has 1 aromatic rings. The molecule has 108 valence electrons. The van der Waals surface area contributed by atoms with Crippen LogP contribution < -0.4 is 4.90 Å². The number of carbonyl (C=O) groups excluding carboxylic acids is 1. The van der Waals surface area contributed by atoms with Crippen molar-refractivity contribution in [3.8, 4) is 0 Å². The van der Waals surface area contributed by atoms with Crippen LogP contribution in [0.2, 0.25) is 5.15 Å². The fourth-order valence-corrected chi connectivity index (χ4v) is 2.50. The number of anilines is 1. The van der Waals surface area contributed by atoms with Gasteiger partial charge in [-0.25, -0.2) is 14.8 Å². The lowest BCUT2D eigenvalue weighted by Crippen LogP contribution is -2.45. The van der Waals surface area contributed by atoms with Crippen LogP contribution in [0, 0.1) is 5.92 Å². The molecule has 1 aliphatic heterocycles. The van der Waals surface area contributed by atoms with Crippen molar-refractivity contribution >= 4 is 29.4 Å². The van der Waals surface area contributed by atoms with Gasteiger partial charge in [-0.1, -0.05) is 11.6 Å². The number of nitrogens with zero attached hydrogens (tertiary/aromatic N) is 4. The molecular formula is C12H15ClN4O3. The number of hydrogen-bond donors (Lipinski definition) is 1. The van der Waals surface area contributed by atoms with E-state index in [4.69, 9.17) is 16.7 Å². The van der Waals surface area contributed by atoms with Gasteiger partial charge in [0.15, 0.2) is 11.0 Å². The number of amides is 2. The van der Waals surface area contributed by atoms with Crippen molar-refractivity contribution in [3.63, 3.8) is 0 Å². The smallest absolute Gasteiger partial charge is 0.407 e. The molecule has 0 saturated carbocycles. The summed E-state index contributed by atoms with van der Waals surface area (Å²) in [6.45, 7) is 0.672. The molecule has 1 saturated heterocycles. The molecular weight excluding hydrogens is 284 g/mol. The van der Waals surface area contributed by atoms with E-state index in [1.165, 1.54) is 22.2 Å². The first-order valence-electron chi connectivity index (χ1n) is 6.22. The summed E-state index contributed by atoms with van der Waals surface area (Å²) >= 11 is 5.91. The van der Waals surface area contributed by atoms with E-state index >= 15 is 0 Å². The van der Waals surface area contributed by atoms with Crippen molar-refractivity contribution in [2.75, 3.05) is 25.0 Å². The zero-order valence-corrected chi connectivity index (χ0v) is 11.7. The third-order valence-electron chi connectivity index (χ3n) is 3.33. The molecule has 8 heteroatoms. The van der Waals surface area contributed by atoms with Crippen LogP contribution in [0.1, 0.15) is 12.8 Å². The standard InChI is InChI=1S/C12H15ClN4O3/c1-16(10-9(13)14-4-5-15-10)11(18)8-3-2-6-17(7-8)12(19)20/h4-5,8H,2-3,6-7H2,1H3,(H,19,20). The Morgan fingerprint density at radius 1 is 1.45 bits per heavy atom. The van der Waals surface area contributed by atoms with E-state index < -0.39 is 6.09 Å². The quantitative estimate of drug-likeness (QED) is 0.893. The number of rotatable bonds is 2. The summed E-state index contributed by atoms with van der Waals surface area (Å²) in [6, 6.07) is 0. The largest absolute Gasteiger partial charge is 0.465 e. The molecule has 2 heterocycles. The monoisotopic (exact) mass is 298 g/mol. The molecule has 0 radical (unpaired) electrons. The molecule has 1 atom stereocenters. The number of aromatic nitrogens is 2. The van der Waals surface area contributed by atoms with Crippen molar-refractivity contribution in [1.29, 1.82) is 0 Å². The average Bonchev–Trinajstić information content (AvgIpc) is 2.46. The highest BCUT2D eigenvalue weighted by molar-refractivity contribution is 6.32. The van der Waals surface area contributed by atoms with Crippen LogP contribution in [0.4, 0.5) is 10.6 Å². The van der Waals surface area contributed by atoms with Gasteiger partial charge in [0.25, 0.3) is 0 Å². The Morgan fingerprint density at radius 2 is 2.15 bits per heavy atom. The summed E-state index contributed by atoms with van der Waals surface area (Å²) < 4.78 is 0. The summed E-state index contributed by atoms with van der Waals surface area (Å²) in [6.07, 6.45) is 3.23. The van der Waals surface area contributed by atoms with Gasteiger partial charge in [-0.05, 0) is 12.8 Å². The van der Waals surface area contributed by atoms with Crippen LogP contribution in [0.25, 0.3) is 0 Å². The van der Waals surface area contributed by atoms with E-state index in [0.717, 1.165) is 0 Å². The Kier molecular flexibility index (Phi) is 4.39. The van der Waals surface area contributed by atoms with Gasteiger partial charge in [-0.3, -0.25) is 9.69 Å². The third kappa shape index (κ3) is 2.98. The number of hydrogen-bond acceptors (Lipinski definition) is 4. The predicted octanol–water partition coefficient (Wildman–Crippen LogP) is 1.48. The van der Waals surface area contributed by atoms with E-state index in [2.05, 4.69) is 9.97 Å². The first-order chi connectivity index (χ1) is 9.50. The molecule has 1 N–H and O–H groups in total. The molecule has 2 rings (SSSR count). The van der Waals surface area contributed by atoms with Gasteiger partial charge in [0, 0.05) is 32.5 Å². The van der Waals surface area contributed by atoms with Gasteiger partial charge >= 0.3 is 6.09 Å². The average molecular weight is 299 g/mol. The fourth-order valence-electron chi connectivity index (χ4n) is 2.27. The van der Waals surface area contributed by atoms with Crippen LogP contribution in [0.15, 0.2) is 12.4 Å². The van der Waals surface area contributed by atoms with E-state index in [1.807, 2.05) is 0 Å². The minimum absolute atomic E-state index is 0.147. The van der Waals surface area contributed by atoms with Gasteiger partial charge < -0.3 is 10.0 Å². The number of carbonyl (C=O) groups is 2. The van der Waals surface area contributed by atoms with Gasteiger partial charge in [0.05, 0.1) is 5.92 Å². The molecule has 2 amide bonds. The summed E-state index contributed by atoms with van der Waals surface area (Å²) in [4.78, 5) is 33.9. The zero-order chi connectivity index (χ0) is 14.7. The number of halogens is 1. The second-order valence-electron chi connectivity index (χ2n) is 4.64. The van der Waals surface area contributed by atoms with Gasteiger partial charge in [0.1, 0.15) is 0 Å². The maximum atomic E-state index is 12.4. The second kappa shape index (κ2) is 6.04. The molecule has 0 aliphatic carbocycles. The van der Waals surface area contributed by atoms with E-state index in [1.54, 1.807) is 7.05 Å². The van der Waals surface area contributed by atoms with Crippen molar-refractivity contribution < 1.29 is 14.7 Å². The Hall–Kier alpha value is -1.89. The molecule has 0 bridgehead atoms. The molecule has 1 aliphatic rings. The summed E-state index contributed by atoms with van der Waals surface area (Å²) in [5.41, 5.74) is 0. The first kappa shape index (κ1) is 14.5. The topological polar surface area (TPSA) is 86.6 Å². The molecule has 1 aromatic heterocycles. The van der Waals surface area contributed by atoms with Crippen LogP contribution in [-0.2, 0) is 4.79 Å². The van der Waals surface area contributed by atoms with Crippen molar-refractivity contribution in [2.24, 2.45) is 5.92 Å². The van der Waals surface area contributed by atoms with Gasteiger partial charge in [-0.15, -0.1) is 0 Å². The predicted molar refractivity (Wildman–Crippen MR) is 72.8 cm³/mol. The maximum absolute atomic E-state index is 12.4. The zero-order valence-electron chi connectivity index (χ0n) is 11.0. The van der Waals surface area contributed by atoms with Crippen molar-refractivity contribution in [2.45, 2.75) is 12.8 Å². The van der Waals surface area contributed by atoms with Gasteiger partial charge in [0.2, 0.25) is 5.91 Å². The van der Waals surface area contributed by atoms with Crippen molar-refractivity contribution in [3.05, 3.63) is 17.5 Å². The SMILES string of the molecule is CN(C(=O)C1CCCN(C(=O)O)C1)c1nccnc1Cl. The summed E-state index contributed by atoms with van der Waals surface area (Å²) in [7, 11) is 1.57. The molecule has 1 fully saturated rings. The Balaban J connectivity index is 2.11. The normalized spacial score (nSPS) is 18.7. The van der Waals surface area contributed by atoms with Crippen molar-refractivity contribution in [1.82, 2.24) is 14.9 Å². The lowest BCUT2D eigenvalue weighted by atomic mass is 9.97. The number of carboxylic acid groups (broad SMARTS) is 1. The molecule has 7 nitrogen and oxygen atoms in total. The van der Waals surface area contributed by atoms with E-state index in [0.29, 0.717) is 19.4 Å². The highest BCUT2D eigenvalue weighted by atomic mass is 35.5. The number of likely N-dealkylation sites (tertiary alicyclic amines) is 1. The molecule has 0 spiro atoms. The summed E-state index contributed by atoms with van der Waals surface area (Å²) in [5, 5.41) is 9.14. The molecule has 0 aromatic carbocycles. The lowest BCUT2D eigenvalue weighted by molar-refractivity contribution is -0.123. The third-order valence-corrected chi connectivity index (χ3v) is 3.59. The summed E-state index contributed by atoms with van der Waals surface area (Å²) in [5.74, 6) is -0.284. The minimum atomic E-state index is -0.998. The maximum Gasteiger partial charge on any atom is 0.407 e. The Morgan fingerprint density at radius 3 is 2.80 bits per heavy atom. The molecule has 20 heavy (non-hydrogen) atoms. The molecule has 1 unspecified atom stereocenters. The fraction of sp³-hybridized carbons (Fsp3) is 0.500. The van der Waals surface area contributed by atoms with Crippen LogP contribution in [0.5, 0.6) is 0 Å². The second-order valence-corrected chi connectivity index (χ2v) is 4.99. The Bertz CT molecular complexity index is 525. The highest BCUT2D eigenvalue weighted by Crippen LogP contribution is 2.24. The lowest BCUT2D eigenvalue weighted by Gasteiger charge is -2.32. The first-order valence-corrected chi connectivity index (χ1v) is 6.60. The van der Waals surface area contributed by atoms with E-state index in [9.17, 15) is 9.59 Å². The minimum Gasteiger partial charge on any atom is -0.465 e.